The predicted octanol–water partition coefficient (Wildman–Crippen LogP) is 4.23. The van der Waals surface area contributed by atoms with Gasteiger partial charge in [-0.1, -0.05) is 36.7 Å². The fraction of sp³-hybridized carbons (Fsp3) is 0.400. The van der Waals surface area contributed by atoms with Gasteiger partial charge in [-0.05, 0) is 73.3 Å². The van der Waals surface area contributed by atoms with E-state index in [9.17, 15) is 5.11 Å². The van der Waals surface area contributed by atoms with Crippen molar-refractivity contribution in [1.29, 1.82) is 0 Å². The number of likely N-dealkylation sites (N-methyl/N-ethyl adjacent to an activating group) is 1. The van der Waals surface area contributed by atoms with Gasteiger partial charge in [-0.25, -0.2) is 0 Å². The lowest BCUT2D eigenvalue weighted by Crippen LogP contribution is -2.58. The number of hydrogen-bond acceptors (Lipinski definition) is 2. The predicted molar refractivity (Wildman–Crippen MR) is 94.2 cm³/mol. The summed E-state index contributed by atoms with van der Waals surface area (Å²) in [6.07, 6.45) is 2.13. The second-order valence-corrected chi connectivity index (χ2v) is 7.55. The van der Waals surface area contributed by atoms with E-state index in [-0.39, 0.29) is 5.41 Å². The number of hydrogen-bond donors (Lipinski definition) is 1. The maximum absolute atomic E-state index is 10.1. The van der Waals surface area contributed by atoms with Gasteiger partial charge in [0.25, 0.3) is 0 Å². The van der Waals surface area contributed by atoms with E-state index in [1.54, 1.807) is 0 Å². The Hall–Kier alpha value is -1.51. The summed E-state index contributed by atoms with van der Waals surface area (Å²) in [5.41, 5.74) is 3.96. The van der Waals surface area contributed by atoms with Crippen molar-refractivity contribution in [3.8, 4) is 5.75 Å². The Bertz CT molecular complexity index is 742. The molecule has 1 N–H and O–H groups in total. The zero-order valence-electron chi connectivity index (χ0n) is 13.6. The first-order chi connectivity index (χ1) is 11.0. The molecule has 1 aliphatic heterocycles. The van der Waals surface area contributed by atoms with Crippen LogP contribution in [0.15, 0.2) is 42.5 Å². The number of fused-ring (bicyclic) bond motifs is 4. The van der Waals surface area contributed by atoms with Gasteiger partial charge in [0.1, 0.15) is 5.75 Å². The Morgan fingerprint density at radius 2 is 1.91 bits per heavy atom. The minimum Gasteiger partial charge on any atom is -0.508 e. The topological polar surface area (TPSA) is 23.5 Å². The molecule has 2 nitrogen and oxygen atoms in total. The number of benzene rings is 2. The number of phenolic OH excluding ortho intramolecular Hbond substituents is 1. The van der Waals surface area contributed by atoms with Crippen molar-refractivity contribution < 1.29 is 5.11 Å². The molecule has 3 unspecified atom stereocenters. The lowest BCUT2D eigenvalue weighted by molar-refractivity contribution is 0.0613. The number of aromatic hydroxyl groups is 1. The van der Waals surface area contributed by atoms with Crippen LogP contribution in [0.3, 0.4) is 0 Å². The van der Waals surface area contributed by atoms with E-state index >= 15 is 0 Å². The Kier molecular flexibility index (Phi) is 3.44. The maximum Gasteiger partial charge on any atom is 0.115 e. The first-order valence-corrected chi connectivity index (χ1v) is 8.69. The Labute approximate surface area is 142 Å². The highest BCUT2D eigenvalue weighted by molar-refractivity contribution is 6.30. The van der Waals surface area contributed by atoms with Gasteiger partial charge in [0.2, 0.25) is 0 Å². The Morgan fingerprint density at radius 3 is 2.65 bits per heavy atom. The van der Waals surface area contributed by atoms with E-state index in [4.69, 9.17) is 11.6 Å². The molecule has 23 heavy (non-hydrogen) atoms. The van der Waals surface area contributed by atoms with Crippen LogP contribution in [0.25, 0.3) is 0 Å². The van der Waals surface area contributed by atoms with Crippen molar-refractivity contribution in [2.45, 2.75) is 31.2 Å². The highest BCUT2D eigenvalue weighted by Gasteiger charge is 2.51. The molecule has 1 heterocycles. The third-order valence-electron chi connectivity index (χ3n) is 6.14. The van der Waals surface area contributed by atoms with Gasteiger partial charge >= 0.3 is 0 Å². The average molecular weight is 328 g/mol. The van der Waals surface area contributed by atoms with Crippen LogP contribution in [0, 0.1) is 5.92 Å². The SMILES string of the molecule is CC1C2Cc3ccc(O)cc3C1(c1ccc(Cl)cc1)CCN2C. The number of halogens is 1. The summed E-state index contributed by atoms with van der Waals surface area (Å²) in [6, 6.07) is 14.8. The molecule has 120 valence electrons. The Morgan fingerprint density at radius 1 is 1.17 bits per heavy atom. The van der Waals surface area contributed by atoms with Crippen molar-refractivity contribution in [1.82, 2.24) is 4.90 Å². The van der Waals surface area contributed by atoms with Crippen LogP contribution >= 0.6 is 11.6 Å². The number of rotatable bonds is 1. The molecule has 0 spiro atoms. The zero-order chi connectivity index (χ0) is 16.2. The summed E-state index contributed by atoms with van der Waals surface area (Å²) in [4.78, 5) is 2.49. The van der Waals surface area contributed by atoms with Gasteiger partial charge in [-0.2, -0.15) is 0 Å². The summed E-state index contributed by atoms with van der Waals surface area (Å²) in [5.74, 6) is 0.860. The van der Waals surface area contributed by atoms with Crippen molar-refractivity contribution in [3.63, 3.8) is 0 Å². The summed E-state index contributed by atoms with van der Waals surface area (Å²) in [5, 5.41) is 10.9. The molecule has 1 saturated heterocycles. The van der Waals surface area contributed by atoms with Crippen LogP contribution in [0.1, 0.15) is 30.0 Å². The van der Waals surface area contributed by atoms with Crippen LogP contribution in [0.5, 0.6) is 5.75 Å². The maximum atomic E-state index is 10.1. The van der Waals surface area contributed by atoms with Crippen LogP contribution in [0.4, 0.5) is 0 Å². The summed E-state index contributed by atoms with van der Waals surface area (Å²) in [7, 11) is 2.23. The van der Waals surface area contributed by atoms with E-state index in [0.717, 1.165) is 24.4 Å². The molecule has 1 aliphatic carbocycles. The van der Waals surface area contributed by atoms with E-state index in [1.807, 2.05) is 24.3 Å². The van der Waals surface area contributed by atoms with Crippen molar-refractivity contribution >= 4 is 11.6 Å². The number of piperidine rings is 1. The first kappa shape index (κ1) is 15.0. The largest absolute Gasteiger partial charge is 0.508 e. The standard InChI is InChI=1S/C20H22ClNO/c1-13-19-11-14-3-8-17(23)12-18(14)20(13,9-10-22(19)2)15-4-6-16(21)7-5-15/h3-8,12-13,19,23H,9-11H2,1-2H3. The first-order valence-electron chi connectivity index (χ1n) is 8.31. The van der Waals surface area contributed by atoms with Crippen molar-refractivity contribution in [2.75, 3.05) is 13.6 Å². The third kappa shape index (κ3) is 2.12. The monoisotopic (exact) mass is 327 g/mol. The molecular formula is C20H22ClNO. The molecule has 3 heteroatoms. The van der Waals surface area contributed by atoms with Crippen molar-refractivity contribution in [3.05, 3.63) is 64.2 Å². The molecule has 0 aromatic heterocycles. The van der Waals surface area contributed by atoms with Gasteiger partial charge in [-0.15, -0.1) is 0 Å². The molecule has 3 atom stereocenters. The fourth-order valence-corrected chi connectivity index (χ4v) is 4.99. The fourth-order valence-electron chi connectivity index (χ4n) is 4.86. The molecule has 0 amide bonds. The highest BCUT2D eigenvalue weighted by atomic mass is 35.5. The number of likely N-dealkylation sites (tertiary alicyclic amines) is 1. The van der Waals surface area contributed by atoms with Crippen LogP contribution < -0.4 is 0 Å². The minimum absolute atomic E-state index is 0.0336. The lowest BCUT2D eigenvalue weighted by Gasteiger charge is -2.55. The summed E-state index contributed by atoms with van der Waals surface area (Å²) in [6.45, 7) is 3.44. The molecule has 1 fully saturated rings. The quantitative estimate of drug-likeness (QED) is 0.847. The zero-order valence-corrected chi connectivity index (χ0v) is 14.3. The van der Waals surface area contributed by atoms with E-state index in [0.29, 0.717) is 17.7 Å². The van der Waals surface area contributed by atoms with Gasteiger partial charge < -0.3 is 10.0 Å². The van der Waals surface area contributed by atoms with Gasteiger partial charge in [-0.3, -0.25) is 0 Å². The second-order valence-electron chi connectivity index (χ2n) is 7.11. The van der Waals surface area contributed by atoms with Gasteiger partial charge in [0.05, 0.1) is 0 Å². The normalized spacial score (nSPS) is 30.0. The smallest absolute Gasteiger partial charge is 0.115 e. The molecule has 2 aromatic rings. The molecule has 2 bridgehead atoms. The van der Waals surface area contributed by atoms with Crippen LogP contribution in [-0.4, -0.2) is 29.6 Å². The van der Waals surface area contributed by atoms with Crippen molar-refractivity contribution in [2.24, 2.45) is 5.92 Å². The molecule has 0 radical (unpaired) electrons. The number of nitrogens with zero attached hydrogens (tertiary/aromatic N) is 1. The average Bonchev–Trinajstić information content (AvgIpc) is 2.53. The lowest BCUT2D eigenvalue weighted by atomic mass is 9.55. The van der Waals surface area contributed by atoms with E-state index < -0.39 is 0 Å². The second kappa shape index (κ2) is 5.25. The van der Waals surface area contributed by atoms with E-state index in [1.165, 1.54) is 16.7 Å². The summed E-state index contributed by atoms with van der Waals surface area (Å²) < 4.78 is 0. The highest BCUT2D eigenvalue weighted by Crippen LogP contribution is 2.53. The molecular weight excluding hydrogens is 306 g/mol. The molecule has 2 aromatic carbocycles. The van der Waals surface area contributed by atoms with Crippen LogP contribution in [-0.2, 0) is 11.8 Å². The minimum atomic E-state index is -0.0336. The van der Waals surface area contributed by atoms with E-state index in [2.05, 4.69) is 37.1 Å². The third-order valence-corrected chi connectivity index (χ3v) is 6.39. The van der Waals surface area contributed by atoms with Gasteiger partial charge in [0, 0.05) is 16.5 Å². The molecule has 2 aliphatic rings. The van der Waals surface area contributed by atoms with Gasteiger partial charge in [0.15, 0.2) is 0 Å². The Balaban J connectivity index is 1.98. The number of phenols is 1. The molecule has 0 saturated carbocycles. The van der Waals surface area contributed by atoms with Crippen LogP contribution in [0.2, 0.25) is 5.02 Å². The summed E-state index contributed by atoms with van der Waals surface area (Å²) >= 11 is 6.12. The molecule has 4 rings (SSSR count).